The first-order valence-corrected chi connectivity index (χ1v) is 8.71. The maximum absolute atomic E-state index is 12.4. The number of rotatable bonds is 5. The molecular formula is C19H28N2O2. The maximum atomic E-state index is 12.4. The van der Waals surface area contributed by atoms with Crippen molar-refractivity contribution in [3.05, 3.63) is 29.8 Å². The van der Waals surface area contributed by atoms with E-state index in [1.54, 1.807) is 0 Å². The van der Waals surface area contributed by atoms with Gasteiger partial charge in [-0.05, 0) is 58.6 Å². The van der Waals surface area contributed by atoms with Crippen molar-refractivity contribution in [1.29, 1.82) is 0 Å². The fraction of sp³-hybridized carbons (Fsp3) is 0.579. The molecule has 0 atom stereocenters. The van der Waals surface area contributed by atoms with Crippen molar-refractivity contribution >= 4 is 17.5 Å². The quantitative estimate of drug-likeness (QED) is 0.902. The Morgan fingerprint density at radius 1 is 1.00 bits per heavy atom. The van der Waals surface area contributed by atoms with Crippen LogP contribution >= 0.6 is 0 Å². The predicted octanol–water partition coefficient (Wildman–Crippen LogP) is 3.61. The Hall–Kier alpha value is -1.84. The summed E-state index contributed by atoms with van der Waals surface area (Å²) in [6, 6.07) is 7.86. The van der Waals surface area contributed by atoms with Crippen LogP contribution in [0, 0.1) is 18.8 Å². The van der Waals surface area contributed by atoms with E-state index in [1.807, 2.05) is 49.9 Å². The number of carbonyl (C=O) groups excluding carboxylic acids is 2. The Morgan fingerprint density at radius 3 is 2.04 bits per heavy atom. The summed E-state index contributed by atoms with van der Waals surface area (Å²) in [6.07, 6.45) is 3.24. The van der Waals surface area contributed by atoms with Crippen molar-refractivity contribution in [1.82, 2.24) is 4.90 Å². The van der Waals surface area contributed by atoms with Gasteiger partial charge in [-0.15, -0.1) is 0 Å². The first-order valence-electron chi connectivity index (χ1n) is 8.71. The van der Waals surface area contributed by atoms with Crippen molar-refractivity contribution < 1.29 is 9.59 Å². The van der Waals surface area contributed by atoms with Gasteiger partial charge < -0.3 is 10.2 Å². The molecule has 1 aliphatic carbocycles. The van der Waals surface area contributed by atoms with E-state index >= 15 is 0 Å². The zero-order chi connectivity index (χ0) is 16.8. The molecule has 1 aliphatic rings. The maximum Gasteiger partial charge on any atom is 0.227 e. The van der Waals surface area contributed by atoms with Crippen LogP contribution in [0.15, 0.2) is 24.3 Å². The van der Waals surface area contributed by atoms with Gasteiger partial charge in [0.25, 0.3) is 0 Å². The first kappa shape index (κ1) is 17.5. The van der Waals surface area contributed by atoms with Crippen molar-refractivity contribution in [3.8, 4) is 0 Å². The number of amides is 2. The first-order chi connectivity index (χ1) is 11.0. The normalized spacial score (nSPS) is 20.8. The number of nitrogens with zero attached hydrogens (tertiary/aromatic N) is 1. The lowest BCUT2D eigenvalue weighted by molar-refractivity contribution is -0.137. The van der Waals surface area contributed by atoms with E-state index in [9.17, 15) is 9.59 Å². The summed E-state index contributed by atoms with van der Waals surface area (Å²) >= 11 is 0. The predicted molar refractivity (Wildman–Crippen MR) is 93.2 cm³/mol. The van der Waals surface area contributed by atoms with Gasteiger partial charge in [-0.1, -0.05) is 17.7 Å². The number of aryl methyl sites for hydroxylation is 1. The van der Waals surface area contributed by atoms with Gasteiger partial charge in [-0.3, -0.25) is 9.59 Å². The summed E-state index contributed by atoms with van der Waals surface area (Å²) in [7, 11) is 0. The van der Waals surface area contributed by atoms with Gasteiger partial charge in [0.2, 0.25) is 11.8 Å². The molecule has 1 aromatic carbocycles. The summed E-state index contributed by atoms with van der Waals surface area (Å²) in [5, 5.41) is 2.99. The van der Waals surface area contributed by atoms with Gasteiger partial charge in [0.05, 0.1) is 0 Å². The van der Waals surface area contributed by atoms with Gasteiger partial charge >= 0.3 is 0 Å². The minimum Gasteiger partial charge on any atom is -0.343 e. The van der Waals surface area contributed by atoms with E-state index in [2.05, 4.69) is 5.32 Å². The molecule has 0 aromatic heterocycles. The lowest BCUT2D eigenvalue weighted by Gasteiger charge is -2.30. The Morgan fingerprint density at radius 2 is 1.52 bits per heavy atom. The highest BCUT2D eigenvalue weighted by Gasteiger charge is 2.31. The molecule has 0 aliphatic heterocycles. The Kier molecular flexibility index (Phi) is 6.20. The van der Waals surface area contributed by atoms with Crippen LogP contribution < -0.4 is 5.32 Å². The molecule has 0 saturated heterocycles. The van der Waals surface area contributed by atoms with Gasteiger partial charge in [-0.25, -0.2) is 0 Å². The van der Waals surface area contributed by atoms with Crippen molar-refractivity contribution in [2.24, 2.45) is 11.8 Å². The third kappa shape index (κ3) is 4.57. The third-order valence-corrected chi connectivity index (χ3v) is 4.84. The lowest BCUT2D eigenvalue weighted by atomic mass is 9.81. The number of hydrogen-bond donors (Lipinski definition) is 1. The average Bonchev–Trinajstić information content (AvgIpc) is 2.58. The zero-order valence-corrected chi connectivity index (χ0v) is 14.5. The Labute approximate surface area is 139 Å². The second-order valence-corrected chi connectivity index (χ2v) is 6.41. The Balaban J connectivity index is 1.85. The molecule has 0 bridgehead atoms. The minimum atomic E-state index is 0.0251. The van der Waals surface area contributed by atoms with Crippen molar-refractivity contribution in [2.75, 3.05) is 18.4 Å². The van der Waals surface area contributed by atoms with Gasteiger partial charge in [-0.2, -0.15) is 0 Å². The van der Waals surface area contributed by atoms with E-state index < -0.39 is 0 Å². The summed E-state index contributed by atoms with van der Waals surface area (Å²) in [6.45, 7) is 7.59. The van der Waals surface area contributed by atoms with Crippen LogP contribution in [0.4, 0.5) is 5.69 Å². The van der Waals surface area contributed by atoms with Gasteiger partial charge in [0.1, 0.15) is 0 Å². The highest BCUT2D eigenvalue weighted by atomic mass is 16.2. The zero-order valence-electron chi connectivity index (χ0n) is 14.5. The van der Waals surface area contributed by atoms with Crippen molar-refractivity contribution in [2.45, 2.75) is 46.5 Å². The molecule has 2 rings (SSSR count). The molecule has 0 radical (unpaired) electrons. The van der Waals surface area contributed by atoms with Crippen LogP contribution in [0.25, 0.3) is 0 Å². The second-order valence-electron chi connectivity index (χ2n) is 6.41. The molecule has 126 valence electrons. The van der Waals surface area contributed by atoms with E-state index in [0.717, 1.165) is 44.5 Å². The number of hydrogen-bond acceptors (Lipinski definition) is 2. The molecule has 4 nitrogen and oxygen atoms in total. The molecule has 0 spiro atoms. The average molecular weight is 316 g/mol. The highest BCUT2D eigenvalue weighted by Crippen LogP contribution is 2.31. The second kappa shape index (κ2) is 8.14. The SMILES string of the molecule is CCN(CC)C(=O)C1CCC(C(=O)Nc2ccc(C)cc2)CC1. The number of benzene rings is 1. The Bertz CT molecular complexity index is 527. The van der Waals surface area contributed by atoms with Gasteiger partial charge in [0, 0.05) is 30.6 Å². The molecule has 1 N–H and O–H groups in total. The third-order valence-electron chi connectivity index (χ3n) is 4.84. The molecule has 0 heterocycles. The highest BCUT2D eigenvalue weighted by molar-refractivity contribution is 5.92. The van der Waals surface area contributed by atoms with Crippen LogP contribution in [-0.2, 0) is 9.59 Å². The fourth-order valence-electron chi connectivity index (χ4n) is 3.28. The summed E-state index contributed by atoms with van der Waals surface area (Å²) < 4.78 is 0. The van der Waals surface area contributed by atoms with Crippen LogP contribution in [0.1, 0.15) is 45.1 Å². The minimum absolute atomic E-state index is 0.0251. The number of carbonyl (C=O) groups is 2. The molecule has 4 heteroatoms. The fourth-order valence-corrected chi connectivity index (χ4v) is 3.28. The van der Waals surface area contributed by atoms with Crippen LogP contribution in [0.2, 0.25) is 0 Å². The summed E-state index contributed by atoms with van der Waals surface area (Å²) in [5.41, 5.74) is 2.03. The lowest BCUT2D eigenvalue weighted by Crippen LogP contribution is -2.38. The molecule has 1 saturated carbocycles. The van der Waals surface area contributed by atoms with Crippen molar-refractivity contribution in [3.63, 3.8) is 0 Å². The van der Waals surface area contributed by atoms with E-state index in [4.69, 9.17) is 0 Å². The van der Waals surface area contributed by atoms with E-state index in [0.29, 0.717) is 0 Å². The monoisotopic (exact) mass is 316 g/mol. The van der Waals surface area contributed by atoms with Crippen LogP contribution in [0.3, 0.4) is 0 Å². The molecular weight excluding hydrogens is 288 g/mol. The topological polar surface area (TPSA) is 49.4 Å². The largest absolute Gasteiger partial charge is 0.343 e. The molecule has 1 fully saturated rings. The van der Waals surface area contributed by atoms with E-state index in [-0.39, 0.29) is 23.7 Å². The summed E-state index contributed by atoms with van der Waals surface area (Å²) in [5.74, 6) is 0.463. The number of nitrogens with one attached hydrogen (secondary N) is 1. The standard InChI is InChI=1S/C19H28N2O2/c1-4-21(5-2)19(23)16-10-8-15(9-11-16)18(22)20-17-12-6-14(3)7-13-17/h6-7,12-13,15-16H,4-5,8-11H2,1-3H3,(H,20,22). The summed E-state index contributed by atoms with van der Waals surface area (Å²) in [4.78, 5) is 26.7. The van der Waals surface area contributed by atoms with Crippen LogP contribution in [0.5, 0.6) is 0 Å². The van der Waals surface area contributed by atoms with Crippen LogP contribution in [-0.4, -0.2) is 29.8 Å². The smallest absolute Gasteiger partial charge is 0.227 e. The molecule has 0 unspecified atom stereocenters. The molecule has 23 heavy (non-hydrogen) atoms. The number of anilines is 1. The van der Waals surface area contributed by atoms with E-state index in [1.165, 1.54) is 5.56 Å². The molecule has 1 aromatic rings. The van der Waals surface area contributed by atoms with Gasteiger partial charge in [0.15, 0.2) is 0 Å². The molecule has 2 amide bonds.